The van der Waals surface area contributed by atoms with Gasteiger partial charge in [0.2, 0.25) is 0 Å². The number of anilines is 1. The van der Waals surface area contributed by atoms with E-state index in [-0.39, 0.29) is 5.69 Å². The number of rotatable bonds is 1. The molecule has 2 nitrogen and oxygen atoms in total. The van der Waals surface area contributed by atoms with Crippen LogP contribution in [-0.4, -0.2) is 26.0 Å². The Labute approximate surface area is 105 Å². The van der Waals surface area contributed by atoms with Crippen molar-refractivity contribution in [3.05, 3.63) is 29.6 Å². The van der Waals surface area contributed by atoms with E-state index in [1.165, 1.54) is 17.4 Å². The molecular formula is C12H14N2S. The Hall–Kier alpha value is -1.06. The fraction of sp³-hybridized carbons (Fsp3) is 0.333. The van der Waals surface area contributed by atoms with Gasteiger partial charge >= 0.3 is 0 Å². The Morgan fingerprint density at radius 3 is 3.00 bits per heavy atom. The second-order valence-corrected chi connectivity index (χ2v) is 3.99. The van der Waals surface area contributed by atoms with Crippen molar-refractivity contribution in [3.63, 3.8) is 0 Å². The molecule has 0 unspecified atom stereocenters. The molecule has 0 radical (unpaired) electrons. The van der Waals surface area contributed by atoms with E-state index in [1.54, 1.807) is 23.6 Å². The van der Waals surface area contributed by atoms with Gasteiger partial charge in [0.1, 0.15) is 0 Å². The lowest BCUT2D eigenvalue weighted by atomic mass is 10.2. The van der Waals surface area contributed by atoms with Crippen molar-refractivity contribution in [2.24, 2.45) is 0 Å². The molecule has 0 amide bonds. The summed E-state index contributed by atoms with van der Waals surface area (Å²) in [6, 6.07) is 6.57. The maximum Gasteiger partial charge on any atom is 0.0506 e. The number of benzene rings is 1. The van der Waals surface area contributed by atoms with Crippen LogP contribution in [0.4, 0.5) is 5.69 Å². The van der Waals surface area contributed by atoms with Gasteiger partial charge in [0.15, 0.2) is 0 Å². The highest BCUT2D eigenvalue weighted by molar-refractivity contribution is 7.17. The minimum absolute atomic E-state index is 0.119. The highest BCUT2D eigenvalue weighted by Crippen LogP contribution is 2.30. The van der Waals surface area contributed by atoms with E-state index in [4.69, 9.17) is 11.0 Å². The molecule has 1 aliphatic rings. The molecule has 2 heterocycles. The Morgan fingerprint density at radius 2 is 2.13 bits per heavy atom. The third kappa shape index (κ3) is 1.62. The number of nitrogens with zero attached hydrogens (tertiary/aromatic N) is 1. The fourth-order valence-corrected chi connectivity index (χ4v) is 2.33. The zero-order valence-corrected chi connectivity index (χ0v) is 8.56. The number of thiophene rings is 1. The van der Waals surface area contributed by atoms with Crippen LogP contribution in [0.3, 0.4) is 0 Å². The molecule has 1 aliphatic heterocycles. The van der Waals surface area contributed by atoms with Gasteiger partial charge < -0.3 is 10.2 Å². The van der Waals surface area contributed by atoms with Crippen molar-refractivity contribution in [1.29, 1.82) is 0 Å². The van der Waals surface area contributed by atoms with Crippen LogP contribution in [0.1, 0.15) is 11.0 Å². The third-order valence-corrected chi connectivity index (χ3v) is 3.06. The maximum atomic E-state index is 8.14. The van der Waals surface area contributed by atoms with Gasteiger partial charge in [0.25, 0.3) is 0 Å². The molecule has 1 saturated heterocycles. The maximum absolute atomic E-state index is 8.14. The van der Waals surface area contributed by atoms with Crippen LogP contribution in [0.25, 0.3) is 10.1 Å². The van der Waals surface area contributed by atoms with Crippen molar-refractivity contribution in [1.82, 2.24) is 5.32 Å². The largest absolute Gasteiger partial charge is 0.368 e. The van der Waals surface area contributed by atoms with Crippen LogP contribution < -0.4 is 10.2 Å². The second-order valence-electron chi connectivity index (χ2n) is 3.04. The second kappa shape index (κ2) is 3.83. The van der Waals surface area contributed by atoms with Crippen LogP contribution in [0, 0.1) is 0 Å². The lowest BCUT2D eigenvalue weighted by molar-refractivity contribution is 0.590. The van der Waals surface area contributed by atoms with E-state index in [9.17, 15) is 0 Å². The molecule has 1 fully saturated rings. The van der Waals surface area contributed by atoms with E-state index < -0.39 is 26.0 Å². The Balaban J connectivity index is 2.30. The summed E-state index contributed by atoms with van der Waals surface area (Å²) in [5, 5.41) is 4.15. The number of piperazine rings is 1. The first-order valence-corrected chi connectivity index (χ1v) is 5.36. The third-order valence-electron chi connectivity index (χ3n) is 2.17. The predicted octanol–water partition coefficient (Wildman–Crippen LogP) is 2.31. The van der Waals surface area contributed by atoms with E-state index in [0.29, 0.717) is 10.3 Å². The molecule has 3 heteroatoms. The van der Waals surface area contributed by atoms with Gasteiger partial charge in [-0.25, -0.2) is 0 Å². The minimum Gasteiger partial charge on any atom is -0.368 e. The summed E-state index contributed by atoms with van der Waals surface area (Å²) in [6.07, 6.45) is 0. The summed E-state index contributed by atoms with van der Waals surface area (Å²) in [4.78, 5) is 0.575. The Morgan fingerprint density at radius 1 is 1.27 bits per heavy atom. The summed E-state index contributed by atoms with van der Waals surface area (Å²) >= 11 is 1.39. The predicted molar refractivity (Wildman–Crippen MR) is 66.9 cm³/mol. The molecule has 1 aromatic carbocycles. The molecule has 78 valence electrons. The van der Waals surface area contributed by atoms with E-state index >= 15 is 0 Å². The quantitative estimate of drug-likeness (QED) is 0.803. The molecule has 0 aliphatic carbocycles. The molecule has 1 N–H and O–H groups in total. The van der Waals surface area contributed by atoms with E-state index in [2.05, 4.69) is 0 Å². The highest BCUT2D eigenvalue weighted by Gasteiger charge is 2.12. The summed E-state index contributed by atoms with van der Waals surface area (Å²) < 4.78 is 64.7. The van der Waals surface area contributed by atoms with Crippen molar-refractivity contribution >= 4 is 27.1 Å². The lowest BCUT2D eigenvalue weighted by Gasteiger charge is -2.30. The highest BCUT2D eigenvalue weighted by atomic mass is 32.1. The summed E-state index contributed by atoms with van der Waals surface area (Å²) in [6.45, 7) is -11.2. The van der Waals surface area contributed by atoms with Gasteiger partial charge in [0, 0.05) is 47.2 Å². The van der Waals surface area contributed by atoms with Gasteiger partial charge in [0.05, 0.1) is 5.48 Å². The van der Waals surface area contributed by atoms with Gasteiger partial charge in [-0.15, -0.1) is 11.3 Å². The summed E-state index contributed by atoms with van der Waals surface area (Å²) in [5.41, 5.74) is 0.119. The minimum atomic E-state index is -2.81. The van der Waals surface area contributed by atoms with E-state index in [0.717, 1.165) is 4.70 Å². The van der Waals surface area contributed by atoms with Crippen molar-refractivity contribution in [2.75, 3.05) is 30.9 Å². The van der Waals surface area contributed by atoms with Crippen molar-refractivity contribution < 1.29 is 11.0 Å². The average Bonchev–Trinajstić information content (AvgIpc) is 2.84. The topological polar surface area (TPSA) is 15.3 Å². The summed E-state index contributed by atoms with van der Waals surface area (Å²) in [5.74, 6) is 0. The number of hydrogen-bond donors (Lipinski definition) is 1. The Kier molecular flexibility index (Phi) is 1.04. The monoisotopic (exact) mass is 226 g/mol. The number of nitrogens with one attached hydrogen (secondary N) is 1. The van der Waals surface area contributed by atoms with Crippen LogP contribution in [0.2, 0.25) is 0 Å². The molecule has 1 aromatic heterocycles. The SMILES string of the molecule is [2H]C1([2H])NC([2H])([2H])C([2H])([2H])N(c2cccc3sccc23)C1([2H])[2H]. The summed E-state index contributed by atoms with van der Waals surface area (Å²) in [7, 11) is 0. The van der Waals surface area contributed by atoms with Crippen LogP contribution in [0.15, 0.2) is 29.6 Å². The van der Waals surface area contributed by atoms with Crippen molar-refractivity contribution in [3.8, 4) is 0 Å². The standard InChI is InChI=1S/C12H14N2S/c1-2-11(14-7-5-13-6-8-14)10-4-9-15-12(10)3-1/h1-4,9,13H,5-8H2/i5D2,6D2,7D2,8D2. The zero-order valence-electron chi connectivity index (χ0n) is 15.7. The smallest absolute Gasteiger partial charge is 0.0506 e. The lowest BCUT2D eigenvalue weighted by Crippen LogP contribution is -2.43. The fourth-order valence-electron chi connectivity index (χ4n) is 1.52. The zero-order chi connectivity index (χ0) is 17.3. The Bertz CT molecular complexity index is 730. The van der Waals surface area contributed by atoms with E-state index in [1.807, 2.05) is 5.32 Å². The normalized spacial score (nSPS) is 38.5. The molecule has 0 spiro atoms. The first-order valence-electron chi connectivity index (χ1n) is 8.48. The first kappa shape index (κ1) is 4.07. The molecular weight excluding hydrogens is 204 g/mol. The number of hydrogen-bond acceptors (Lipinski definition) is 3. The average molecular weight is 226 g/mol. The van der Waals surface area contributed by atoms with Crippen LogP contribution in [-0.2, 0) is 0 Å². The van der Waals surface area contributed by atoms with Gasteiger partial charge in [-0.3, -0.25) is 0 Å². The molecule has 15 heavy (non-hydrogen) atoms. The van der Waals surface area contributed by atoms with Crippen molar-refractivity contribution in [2.45, 2.75) is 0 Å². The van der Waals surface area contributed by atoms with Gasteiger partial charge in [-0.2, -0.15) is 0 Å². The van der Waals surface area contributed by atoms with Crippen LogP contribution in [0.5, 0.6) is 0 Å². The number of fused-ring (bicyclic) bond motifs is 1. The van der Waals surface area contributed by atoms with Gasteiger partial charge in [-0.1, -0.05) is 6.07 Å². The molecule has 0 saturated carbocycles. The van der Waals surface area contributed by atoms with Gasteiger partial charge in [-0.05, 0) is 23.6 Å². The van der Waals surface area contributed by atoms with Crippen LogP contribution >= 0.6 is 11.3 Å². The molecule has 3 rings (SSSR count). The molecule has 0 bridgehead atoms. The molecule has 2 aromatic rings. The molecule has 0 atom stereocenters. The first-order chi connectivity index (χ1) is 10.4.